The van der Waals surface area contributed by atoms with E-state index in [1.165, 1.54) is 31.2 Å². The molecule has 0 saturated heterocycles. The van der Waals surface area contributed by atoms with Gasteiger partial charge < -0.3 is 14.8 Å². The van der Waals surface area contributed by atoms with Gasteiger partial charge in [-0.1, -0.05) is 18.2 Å². The van der Waals surface area contributed by atoms with Gasteiger partial charge in [0.15, 0.2) is 0 Å². The van der Waals surface area contributed by atoms with E-state index in [0.29, 0.717) is 18.1 Å². The summed E-state index contributed by atoms with van der Waals surface area (Å²) in [5, 5.41) is 3.36. The quantitative estimate of drug-likeness (QED) is 0.904. The summed E-state index contributed by atoms with van der Waals surface area (Å²) in [4.78, 5) is 0. The van der Waals surface area contributed by atoms with Crippen LogP contribution >= 0.6 is 0 Å². The largest absolute Gasteiger partial charge is 0.493 e. The molecule has 3 nitrogen and oxygen atoms in total. The van der Waals surface area contributed by atoms with Crippen LogP contribution in [0.25, 0.3) is 0 Å². The number of fused-ring (bicyclic) bond motifs is 1. The van der Waals surface area contributed by atoms with Crippen LogP contribution in [0, 0.1) is 0 Å². The Morgan fingerprint density at radius 2 is 2.00 bits per heavy atom. The van der Waals surface area contributed by atoms with Crippen molar-refractivity contribution in [2.45, 2.75) is 43.7 Å². The van der Waals surface area contributed by atoms with Gasteiger partial charge in [-0.2, -0.15) is 0 Å². The number of rotatable bonds is 4. The van der Waals surface area contributed by atoms with Gasteiger partial charge in [0.05, 0.1) is 19.3 Å². The van der Waals surface area contributed by atoms with E-state index in [1.54, 1.807) is 0 Å². The molecule has 2 aliphatic rings. The third kappa shape index (κ3) is 2.93. The van der Waals surface area contributed by atoms with Gasteiger partial charge in [0, 0.05) is 17.5 Å². The van der Waals surface area contributed by atoms with Gasteiger partial charge in [-0.3, -0.25) is 0 Å². The minimum atomic E-state index is 0.415. The third-order valence-corrected chi connectivity index (χ3v) is 4.41. The third-order valence-electron chi connectivity index (χ3n) is 4.41. The predicted octanol–water partition coefficient (Wildman–Crippen LogP) is 2.71. The van der Waals surface area contributed by atoms with Crippen molar-refractivity contribution in [2.24, 2.45) is 0 Å². The fraction of sp³-hybridized carbons (Fsp3) is 0.625. The highest BCUT2D eigenvalue weighted by molar-refractivity contribution is 5.39. The van der Waals surface area contributed by atoms with Crippen molar-refractivity contribution < 1.29 is 9.47 Å². The Bertz CT molecular complexity index is 413. The number of benzene rings is 1. The van der Waals surface area contributed by atoms with Crippen molar-refractivity contribution in [3.63, 3.8) is 0 Å². The molecule has 0 aromatic heterocycles. The van der Waals surface area contributed by atoms with Crippen molar-refractivity contribution in [1.29, 1.82) is 0 Å². The second-order valence-corrected chi connectivity index (χ2v) is 5.64. The van der Waals surface area contributed by atoms with Crippen molar-refractivity contribution in [1.82, 2.24) is 5.32 Å². The lowest BCUT2D eigenvalue weighted by molar-refractivity contribution is 0.0128. The van der Waals surface area contributed by atoms with Crippen LogP contribution in [0.2, 0.25) is 0 Å². The summed E-state index contributed by atoms with van der Waals surface area (Å²) in [5.41, 5.74) is 1.31. The molecule has 0 amide bonds. The highest BCUT2D eigenvalue weighted by Gasteiger charge is 2.26. The Morgan fingerprint density at radius 3 is 2.79 bits per heavy atom. The Balaban J connectivity index is 1.49. The molecule has 3 rings (SSSR count). The smallest absolute Gasteiger partial charge is 0.123 e. The Kier molecular flexibility index (Phi) is 4.04. The minimum Gasteiger partial charge on any atom is -0.493 e. The van der Waals surface area contributed by atoms with Crippen molar-refractivity contribution in [3.05, 3.63) is 29.8 Å². The first-order valence-corrected chi connectivity index (χ1v) is 7.37. The zero-order valence-electron chi connectivity index (χ0n) is 11.6. The SMILES string of the molecule is CNC1CCC(OCC2COc3ccccc32)CC1. The van der Waals surface area contributed by atoms with E-state index in [-0.39, 0.29) is 0 Å². The van der Waals surface area contributed by atoms with E-state index in [1.807, 2.05) is 12.1 Å². The standard InChI is InChI=1S/C16H23NO2/c1-17-13-6-8-14(9-7-13)18-10-12-11-19-16-5-3-2-4-15(12)16/h2-5,12-14,17H,6-11H2,1H3. The first-order valence-electron chi connectivity index (χ1n) is 7.37. The van der Waals surface area contributed by atoms with Gasteiger partial charge in [-0.05, 0) is 38.8 Å². The number of hydrogen-bond acceptors (Lipinski definition) is 3. The van der Waals surface area contributed by atoms with Gasteiger partial charge in [-0.15, -0.1) is 0 Å². The normalized spacial score (nSPS) is 29.8. The molecule has 1 aromatic carbocycles. The zero-order chi connectivity index (χ0) is 13.1. The van der Waals surface area contributed by atoms with Crippen LogP contribution in [0.3, 0.4) is 0 Å². The lowest BCUT2D eigenvalue weighted by Gasteiger charge is -2.28. The fourth-order valence-electron chi connectivity index (χ4n) is 3.14. The number of para-hydroxylation sites is 1. The molecule has 1 aliphatic carbocycles. The maximum atomic E-state index is 6.11. The molecule has 1 saturated carbocycles. The zero-order valence-corrected chi connectivity index (χ0v) is 11.6. The highest BCUT2D eigenvalue weighted by Crippen LogP contribution is 2.34. The Labute approximate surface area is 115 Å². The van der Waals surface area contributed by atoms with E-state index < -0.39 is 0 Å². The van der Waals surface area contributed by atoms with E-state index in [0.717, 1.165) is 19.0 Å². The molecule has 104 valence electrons. The van der Waals surface area contributed by atoms with E-state index in [2.05, 4.69) is 24.5 Å². The average Bonchev–Trinajstić information content (AvgIpc) is 2.89. The molecule has 1 fully saturated rings. The summed E-state index contributed by atoms with van der Waals surface area (Å²) < 4.78 is 11.8. The van der Waals surface area contributed by atoms with Crippen LogP contribution < -0.4 is 10.1 Å². The first kappa shape index (κ1) is 12.9. The molecule has 1 aliphatic heterocycles. The number of nitrogens with one attached hydrogen (secondary N) is 1. The minimum absolute atomic E-state index is 0.415. The van der Waals surface area contributed by atoms with E-state index >= 15 is 0 Å². The van der Waals surface area contributed by atoms with Crippen LogP contribution in [-0.4, -0.2) is 32.4 Å². The molecule has 1 aromatic rings. The average molecular weight is 261 g/mol. The molecule has 0 bridgehead atoms. The lowest BCUT2D eigenvalue weighted by atomic mass is 9.93. The maximum Gasteiger partial charge on any atom is 0.123 e. The number of hydrogen-bond donors (Lipinski definition) is 1. The van der Waals surface area contributed by atoms with Crippen LogP contribution in [0.15, 0.2) is 24.3 Å². The molecular weight excluding hydrogens is 238 g/mol. The number of ether oxygens (including phenoxy) is 2. The van der Waals surface area contributed by atoms with Gasteiger partial charge >= 0.3 is 0 Å². The summed E-state index contributed by atoms with van der Waals surface area (Å²) in [6.07, 6.45) is 5.27. The lowest BCUT2D eigenvalue weighted by Crippen LogP contribution is -2.33. The maximum absolute atomic E-state index is 6.11. The van der Waals surface area contributed by atoms with E-state index in [9.17, 15) is 0 Å². The molecule has 19 heavy (non-hydrogen) atoms. The highest BCUT2D eigenvalue weighted by atomic mass is 16.5. The van der Waals surface area contributed by atoms with Crippen molar-refractivity contribution in [2.75, 3.05) is 20.3 Å². The summed E-state index contributed by atoms with van der Waals surface area (Å²) in [7, 11) is 2.05. The second-order valence-electron chi connectivity index (χ2n) is 5.64. The molecule has 0 spiro atoms. The Hall–Kier alpha value is -1.06. The molecular formula is C16H23NO2. The van der Waals surface area contributed by atoms with Gasteiger partial charge in [0.25, 0.3) is 0 Å². The Morgan fingerprint density at radius 1 is 1.21 bits per heavy atom. The van der Waals surface area contributed by atoms with Crippen LogP contribution in [0.5, 0.6) is 5.75 Å². The summed E-state index contributed by atoms with van der Waals surface area (Å²) in [6, 6.07) is 9.01. The van der Waals surface area contributed by atoms with Gasteiger partial charge in [-0.25, -0.2) is 0 Å². The first-order chi connectivity index (χ1) is 9.36. The fourth-order valence-corrected chi connectivity index (χ4v) is 3.14. The summed E-state index contributed by atoms with van der Waals surface area (Å²) in [6.45, 7) is 1.57. The monoisotopic (exact) mass is 261 g/mol. The predicted molar refractivity (Wildman–Crippen MR) is 75.7 cm³/mol. The molecule has 1 atom stereocenters. The van der Waals surface area contributed by atoms with Crippen molar-refractivity contribution >= 4 is 0 Å². The summed E-state index contributed by atoms with van der Waals surface area (Å²) >= 11 is 0. The van der Waals surface area contributed by atoms with E-state index in [4.69, 9.17) is 9.47 Å². The van der Waals surface area contributed by atoms with Gasteiger partial charge in [0.2, 0.25) is 0 Å². The van der Waals surface area contributed by atoms with Gasteiger partial charge in [0.1, 0.15) is 5.75 Å². The molecule has 1 heterocycles. The van der Waals surface area contributed by atoms with Crippen molar-refractivity contribution in [3.8, 4) is 5.75 Å². The summed E-state index contributed by atoms with van der Waals surface area (Å²) in [5.74, 6) is 1.45. The van der Waals surface area contributed by atoms with Crippen LogP contribution in [0.4, 0.5) is 0 Å². The molecule has 1 unspecified atom stereocenters. The molecule has 1 N–H and O–H groups in total. The topological polar surface area (TPSA) is 30.5 Å². The van der Waals surface area contributed by atoms with Crippen LogP contribution in [-0.2, 0) is 4.74 Å². The molecule has 0 radical (unpaired) electrons. The second kappa shape index (κ2) is 5.93. The molecule has 3 heteroatoms. The van der Waals surface area contributed by atoms with Crippen LogP contribution in [0.1, 0.15) is 37.2 Å².